The molecule has 0 saturated carbocycles. The van der Waals surface area contributed by atoms with Crippen molar-refractivity contribution in [1.29, 1.82) is 0 Å². The molecule has 0 spiro atoms. The highest BCUT2D eigenvalue weighted by molar-refractivity contribution is 6.03. The normalized spacial score (nSPS) is 10.5. The van der Waals surface area contributed by atoms with E-state index in [-0.39, 0.29) is 23.8 Å². The van der Waals surface area contributed by atoms with E-state index in [1.807, 2.05) is 32.0 Å². The van der Waals surface area contributed by atoms with Crippen LogP contribution in [0, 0.1) is 24.0 Å². The summed E-state index contributed by atoms with van der Waals surface area (Å²) in [6, 6.07) is 10.8. The Morgan fingerprint density at radius 3 is 2.75 bits per heavy atom. The zero-order valence-corrected chi connectivity index (χ0v) is 15.2. The van der Waals surface area contributed by atoms with Gasteiger partial charge in [-0.05, 0) is 43.2 Å². The SMILES string of the molecule is Cc1ccc(C)c(OCn2ccc(C(=O)Nc3ccc([N+](=O)[O-])cc3O)n2)c1. The number of amides is 1. The minimum Gasteiger partial charge on any atom is -0.506 e. The Morgan fingerprint density at radius 1 is 1.25 bits per heavy atom. The second-order valence-electron chi connectivity index (χ2n) is 6.20. The number of hydrogen-bond acceptors (Lipinski definition) is 6. The van der Waals surface area contributed by atoms with E-state index in [2.05, 4.69) is 10.4 Å². The molecular weight excluding hydrogens is 364 g/mol. The van der Waals surface area contributed by atoms with E-state index >= 15 is 0 Å². The summed E-state index contributed by atoms with van der Waals surface area (Å²) >= 11 is 0. The summed E-state index contributed by atoms with van der Waals surface area (Å²) in [4.78, 5) is 22.4. The van der Waals surface area contributed by atoms with Crippen molar-refractivity contribution in [1.82, 2.24) is 9.78 Å². The molecule has 2 aromatic carbocycles. The molecule has 1 heterocycles. The van der Waals surface area contributed by atoms with Gasteiger partial charge in [-0.3, -0.25) is 14.9 Å². The first-order chi connectivity index (χ1) is 13.3. The van der Waals surface area contributed by atoms with Gasteiger partial charge in [-0.2, -0.15) is 5.10 Å². The fraction of sp³-hybridized carbons (Fsp3) is 0.158. The van der Waals surface area contributed by atoms with E-state index in [9.17, 15) is 20.0 Å². The first-order valence-corrected chi connectivity index (χ1v) is 8.36. The average Bonchev–Trinajstić information content (AvgIpc) is 3.13. The summed E-state index contributed by atoms with van der Waals surface area (Å²) in [5.41, 5.74) is 1.95. The van der Waals surface area contributed by atoms with Crippen LogP contribution in [0.25, 0.3) is 0 Å². The molecule has 0 atom stereocenters. The molecule has 1 aromatic heterocycles. The number of non-ortho nitro benzene ring substituents is 1. The van der Waals surface area contributed by atoms with E-state index in [0.29, 0.717) is 0 Å². The molecule has 9 nitrogen and oxygen atoms in total. The van der Waals surface area contributed by atoms with E-state index < -0.39 is 16.6 Å². The van der Waals surface area contributed by atoms with Crippen molar-refractivity contribution in [3.63, 3.8) is 0 Å². The summed E-state index contributed by atoms with van der Waals surface area (Å²) < 4.78 is 7.20. The molecule has 0 aliphatic carbocycles. The van der Waals surface area contributed by atoms with Crippen LogP contribution in [-0.4, -0.2) is 25.7 Å². The number of aromatic nitrogens is 2. The van der Waals surface area contributed by atoms with Crippen molar-refractivity contribution in [3.8, 4) is 11.5 Å². The molecular formula is C19H18N4O5. The van der Waals surface area contributed by atoms with Gasteiger partial charge in [-0.25, -0.2) is 4.68 Å². The summed E-state index contributed by atoms with van der Waals surface area (Å²) in [5, 5.41) is 27.1. The smallest absolute Gasteiger partial charge is 0.276 e. The highest BCUT2D eigenvalue weighted by Gasteiger charge is 2.15. The van der Waals surface area contributed by atoms with Gasteiger partial charge in [0.15, 0.2) is 12.4 Å². The Morgan fingerprint density at radius 2 is 2.04 bits per heavy atom. The van der Waals surface area contributed by atoms with E-state index in [1.165, 1.54) is 22.9 Å². The second-order valence-corrected chi connectivity index (χ2v) is 6.20. The number of hydrogen-bond donors (Lipinski definition) is 2. The number of anilines is 1. The summed E-state index contributed by atoms with van der Waals surface area (Å²) in [6.45, 7) is 4.03. The number of aromatic hydroxyl groups is 1. The predicted molar refractivity (Wildman–Crippen MR) is 101 cm³/mol. The highest BCUT2D eigenvalue weighted by atomic mass is 16.6. The standard InChI is InChI=1S/C19H18N4O5/c1-12-3-4-13(2)18(9-12)28-11-22-8-7-16(21-22)19(25)20-15-6-5-14(23(26)27)10-17(15)24/h3-10,24H,11H2,1-2H3,(H,20,25). The molecule has 3 aromatic rings. The van der Waals surface area contributed by atoms with Crippen LogP contribution in [0.15, 0.2) is 48.7 Å². The Balaban J connectivity index is 1.65. The third kappa shape index (κ3) is 4.26. The first-order valence-electron chi connectivity index (χ1n) is 8.36. The Hall–Kier alpha value is -3.88. The van der Waals surface area contributed by atoms with E-state index in [0.717, 1.165) is 22.9 Å². The monoisotopic (exact) mass is 382 g/mol. The molecule has 0 fully saturated rings. The number of nitrogens with zero attached hydrogens (tertiary/aromatic N) is 3. The number of nitro groups is 1. The summed E-state index contributed by atoms with van der Waals surface area (Å²) in [7, 11) is 0. The molecule has 0 unspecified atom stereocenters. The van der Waals surface area contributed by atoms with Crippen molar-refractivity contribution in [2.75, 3.05) is 5.32 Å². The number of rotatable bonds is 6. The lowest BCUT2D eigenvalue weighted by Crippen LogP contribution is -2.14. The fourth-order valence-corrected chi connectivity index (χ4v) is 2.48. The lowest BCUT2D eigenvalue weighted by molar-refractivity contribution is -0.384. The molecule has 0 aliphatic heterocycles. The molecule has 3 rings (SSSR count). The Kier molecular flexibility index (Phi) is 5.25. The van der Waals surface area contributed by atoms with Gasteiger partial charge in [-0.1, -0.05) is 12.1 Å². The quantitative estimate of drug-likeness (QED) is 0.383. The van der Waals surface area contributed by atoms with Crippen molar-refractivity contribution in [3.05, 3.63) is 75.6 Å². The number of phenolic OH excluding ortho intramolecular Hbond substituents is 1. The third-order valence-electron chi connectivity index (χ3n) is 4.01. The van der Waals surface area contributed by atoms with Gasteiger partial charge in [0.2, 0.25) is 0 Å². The first kappa shape index (κ1) is 18.9. The van der Waals surface area contributed by atoms with Crippen LogP contribution in [0.1, 0.15) is 21.6 Å². The molecule has 1 amide bonds. The van der Waals surface area contributed by atoms with Gasteiger partial charge < -0.3 is 15.2 Å². The second kappa shape index (κ2) is 7.78. The van der Waals surface area contributed by atoms with Gasteiger partial charge >= 0.3 is 0 Å². The zero-order valence-electron chi connectivity index (χ0n) is 15.2. The number of phenols is 1. The summed E-state index contributed by atoms with van der Waals surface area (Å²) in [6.07, 6.45) is 1.59. The third-order valence-corrected chi connectivity index (χ3v) is 4.01. The minimum absolute atomic E-state index is 0.0526. The molecule has 144 valence electrons. The molecule has 2 N–H and O–H groups in total. The highest BCUT2D eigenvalue weighted by Crippen LogP contribution is 2.28. The van der Waals surface area contributed by atoms with Gasteiger partial charge in [0.25, 0.3) is 11.6 Å². The predicted octanol–water partition coefficient (Wildman–Crippen LogP) is 3.40. The maximum atomic E-state index is 12.3. The van der Waals surface area contributed by atoms with Gasteiger partial charge in [-0.15, -0.1) is 0 Å². The van der Waals surface area contributed by atoms with Crippen molar-refractivity contribution in [2.24, 2.45) is 0 Å². The van der Waals surface area contributed by atoms with Crippen LogP contribution in [0.3, 0.4) is 0 Å². The number of nitrogens with one attached hydrogen (secondary N) is 1. The molecule has 0 saturated heterocycles. The van der Waals surface area contributed by atoms with Crippen molar-refractivity contribution < 1.29 is 19.6 Å². The number of benzene rings is 2. The Bertz CT molecular complexity index is 1040. The molecule has 28 heavy (non-hydrogen) atoms. The van der Waals surface area contributed by atoms with Crippen LogP contribution in [0.2, 0.25) is 0 Å². The topological polar surface area (TPSA) is 120 Å². The van der Waals surface area contributed by atoms with E-state index in [1.54, 1.807) is 6.20 Å². The van der Waals surface area contributed by atoms with Crippen molar-refractivity contribution >= 4 is 17.3 Å². The van der Waals surface area contributed by atoms with Crippen LogP contribution in [-0.2, 0) is 6.73 Å². The van der Waals surface area contributed by atoms with Gasteiger partial charge in [0.05, 0.1) is 16.7 Å². The largest absolute Gasteiger partial charge is 0.506 e. The van der Waals surface area contributed by atoms with Crippen LogP contribution >= 0.6 is 0 Å². The fourth-order valence-electron chi connectivity index (χ4n) is 2.48. The van der Waals surface area contributed by atoms with Gasteiger partial charge in [0, 0.05) is 12.3 Å². The number of aryl methyl sites for hydroxylation is 2. The molecule has 0 aliphatic rings. The van der Waals surface area contributed by atoms with Gasteiger partial charge in [0.1, 0.15) is 11.5 Å². The lowest BCUT2D eigenvalue weighted by atomic mass is 10.1. The molecule has 0 bridgehead atoms. The van der Waals surface area contributed by atoms with E-state index in [4.69, 9.17) is 4.74 Å². The van der Waals surface area contributed by atoms with Crippen LogP contribution < -0.4 is 10.1 Å². The average molecular weight is 382 g/mol. The van der Waals surface area contributed by atoms with Crippen LogP contribution in [0.4, 0.5) is 11.4 Å². The van der Waals surface area contributed by atoms with Crippen molar-refractivity contribution in [2.45, 2.75) is 20.6 Å². The number of nitro benzene ring substituents is 1. The minimum atomic E-state index is -0.636. The Labute approximate surface area is 160 Å². The number of carbonyl (C=O) groups is 1. The summed E-state index contributed by atoms with van der Waals surface area (Å²) in [5.74, 6) is -0.229. The maximum Gasteiger partial charge on any atom is 0.276 e. The zero-order chi connectivity index (χ0) is 20.3. The van der Waals surface area contributed by atoms with Crippen LogP contribution in [0.5, 0.6) is 11.5 Å². The molecule has 0 radical (unpaired) electrons. The number of carbonyl (C=O) groups excluding carboxylic acids is 1. The lowest BCUT2D eigenvalue weighted by Gasteiger charge is -2.10. The maximum absolute atomic E-state index is 12.3. The molecule has 9 heteroatoms. The number of ether oxygens (including phenoxy) is 1.